The number of aliphatic hydroxyl groups is 2. The molecule has 1 aromatic rings. The molecule has 1 aromatic carbocycles. The van der Waals surface area contributed by atoms with Gasteiger partial charge in [-0.05, 0) is 37.7 Å². The Bertz CT molecular complexity index is 765. The lowest BCUT2D eigenvalue weighted by Crippen LogP contribution is -2.53. The largest absolute Gasteiger partial charge is 0.465 e. The summed E-state index contributed by atoms with van der Waals surface area (Å²) in [6, 6.07) is 7.04. The molecule has 5 unspecified atom stereocenters. The van der Waals surface area contributed by atoms with Gasteiger partial charge in [0.15, 0.2) is 5.60 Å². The van der Waals surface area contributed by atoms with Crippen molar-refractivity contribution >= 4 is 17.6 Å². The third kappa shape index (κ3) is 3.03. The SMILES string of the molecule is CCOC(=O)CN1C(=O)C(O)(C2CC3CCCCC3CC2O)c2ccccc21. The molecule has 4 rings (SSSR count). The Balaban J connectivity index is 1.67. The second kappa shape index (κ2) is 7.48. The third-order valence-electron chi connectivity index (χ3n) is 6.94. The van der Waals surface area contributed by atoms with Gasteiger partial charge < -0.3 is 14.9 Å². The lowest BCUT2D eigenvalue weighted by atomic mass is 9.61. The Hall–Kier alpha value is -1.92. The molecule has 1 heterocycles. The maximum absolute atomic E-state index is 13.4. The lowest BCUT2D eigenvalue weighted by Gasteiger charge is -2.46. The topological polar surface area (TPSA) is 87.1 Å². The van der Waals surface area contributed by atoms with E-state index >= 15 is 0 Å². The van der Waals surface area contributed by atoms with E-state index in [9.17, 15) is 19.8 Å². The Kier molecular flexibility index (Phi) is 5.19. The van der Waals surface area contributed by atoms with Crippen LogP contribution in [0.3, 0.4) is 0 Å². The molecule has 0 bridgehead atoms. The Morgan fingerprint density at radius 1 is 1.21 bits per heavy atom. The minimum absolute atomic E-state index is 0.233. The van der Waals surface area contributed by atoms with E-state index < -0.39 is 29.5 Å². The number of carbonyl (C=O) groups is 2. The van der Waals surface area contributed by atoms with Gasteiger partial charge in [0.05, 0.1) is 18.4 Å². The normalized spacial score (nSPS) is 34.7. The van der Waals surface area contributed by atoms with Crippen molar-refractivity contribution in [3.63, 3.8) is 0 Å². The highest BCUT2D eigenvalue weighted by atomic mass is 16.5. The summed E-state index contributed by atoms with van der Waals surface area (Å²) >= 11 is 0. The first kappa shape index (κ1) is 19.4. The van der Waals surface area contributed by atoms with Crippen LogP contribution in [0.5, 0.6) is 0 Å². The van der Waals surface area contributed by atoms with Crippen LogP contribution in [0.2, 0.25) is 0 Å². The number of carbonyl (C=O) groups excluding carboxylic acids is 2. The number of rotatable bonds is 4. The summed E-state index contributed by atoms with van der Waals surface area (Å²) in [7, 11) is 0. The Labute approximate surface area is 165 Å². The number of amides is 1. The summed E-state index contributed by atoms with van der Waals surface area (Å²) in [6.45, 7) is 1.71. The van der Waals surface area contributed by atoms with Crippen LogP contribution in [-0.2, 0) is 19.9 Å². The fourth-order valence-electron chi connectivity index (χ4n) is 5.62. The van der Waals surface area contributed by atoms with E-state index in [4.69, 9.17) is 4.74 Å². The van der Waals surface area contributed by atoms with E-state index in [1.54, 1.807) is 31.2 Å². The predicted octanol–water partition coefficient (Wildman–Crippen LogP) is 2.36. The van der Waals surface area contributed by atoms with Gasteiger partial charge in [-0.1, -0.05) is 43.9 Å². The summed E-state index contributed by atoms with van der Waals surface area (Å²) in [5, 5.41) is 22.6. The lowest BCUT2D eigenvalue weighted by molar-refractivity contribution is -0.158. The molecule has 2 fully saturated rings. The van der Waals surface area contributed by atoms with Gasteiger partial charge in [-0.2, -0.15) is 0 Å². The van der Waals surface area contributed by atoms with Gasteiger partial charge in [-0.25, -0.2) is 0 Å². The van der Waals surface area contributed by atoms with E-state index in [-0.39, 0.29) is 13.2 Å². The van der Waals surface area contributed by atoms with Crippen LogP contribution in [0, 0.1) is 17.8 Å². The van der Waals surface area contributed by atoms with E-state index in [0.717, 1.165) is 12.8 Å². The van der Waals surface area contributed by atoms with Crippen molar-refractivity contribution in [1.82, 2.24) is 0 Å². The van der Waals surface area contributed by atoms with Gasteiger partial charge in [0.1, 0.15) is 6.54 Å². The number of aliphatic hydroxyl groups excluding tert-OH is 1. The number of fused-ring (bicyclic) bond motifs is 2. The maximum atomic E-state index is 13.4. The van der Waals surface area contributed by atoms with Crippen LogP contribution < -0.4 is 4.90 Å². The maximum Gasteiger partial charge on any atom is 0.326 e. The number of esters is 1. The smallest absolute Gasteiger partial charge is 0.326 e. The average Bonchev–Trinajstić information content (AvgIpc) is 2.90. The van der Waals surface area contributed by atoms with E-state index in [1.165, 1.54) is 17.7 Å². The summed E-state index contributed by atoms with van der Waals surface area (Å²) < 4.78 is 5.01. The molecular weight excluding hydrogens is 358 g/mol. The molecule has 0 spiro atoms. The highest BCUT2D eigenvalue weighted by molar-refractivity contribution is 6.09. The molecule has 1 aliphatic heterocycles. The number of anilines is 1. The molecule has 2 aliphatic carbocycles. The molecule has 0 radical (unpaired) electrons. The molecule has 0 aromatic heterocycles. The van der Waals surface area contributed by atoms with Crippen molar-refractivity contribution in [2.24, 2.45) is 17.8 Å². The minimum Gasteiger partial charge on any atom is -0.465 e. The molecule has 2 saturated carbocycles. The number of para-hydroxylation sites is 1. The fourth-order valence-corrected chi connectivity index (χ4v) is 5.62. The summed E-state index contributed by atoms with van der Waals surface area (Å²) in [6.07, 6.45) is 5.10. The van der Waals surface area contributed by atoms with Gasteiger partial charge >= 0.3 is 5.97 Å². The van der Waals surface area contributed by atoms with Crippen LogP contribution in [0.15, 0.2) is 24.3 Å². The van der Waals surface area contributed by atoms with Gasteiger partial charge in [-0.15, -0.1) is 0 Å². The predicted molar refractivity (Wildman–Crippen MR) is 104 cm³/mol. The van der Waals surface area contributed by atoms with Crippen LogP contribution in [0.4, 0.5) is 5.69 Å². The first-order valence-electron chi connectivity index (χ1n) is 10.4. The summed E-state index contributed by atoms with van der Waals surface area (Å²) in [5.74, 6) is -0.685. The zero-order valence-electron chi connectivity index (χ0n) is 16.3. The van der Waals surface area contributed by atoms with Crippen molar-refractivity contribution < 1.29 is 24.5 Å². The number of nitrogens with zero attached hydrogens (tertiary/aromatic N) is 1. The summed E-state index contributed by atoms with van der Waals surface area (Å²) in [4.78, 5) is 26.7. The number of hydrogen-bond donors (Lipinski definition) is 2. The van der Waals surface area contributed by atoms with E-state index in [0.29, 0.717) is 35.9 Å². The highest BCUT2D eigenvalue weighted by Crippen LogP contribution is 2.52. The highest BCUT2D eigenvalue weighted by Gasteiger charge is 2.58. The van der Waals surface area contributed by atoms with Crippen molar-refractivity contribution in [1.29, 1.82) is 0 Å². The summed E-state index contributed by atoms with van der Waals surface area (Å²) in [5.41, 5.74) is -0.783. The first-order valence-corrected chi connectivity index (χ1v) is 10.4. The Morgan fingerprint density at radius 2 is 1.89 bits per heavy atom. The zero-order chi connectivity index (χ0) is 19.9. The molecule has 28 heavy (non-hydrogen) atoms. The molecule has 0 saturated heterocycles. The van der Waals surface area contributed by atoms with Crippen molar-refractivity contribution in [3.05, 3.63) is 29.8 Å². The van der Waals surface area contributed by atoms with Gasteiger partial charge in [0, 0.05) is 11.5 Å². The van der Waals surface area contributed by atoms with Gasteiger partial charge in [0.2, 0.25) is 0 Å². The van der Waals surface area contributed by atoms with Gasteiger partial charge in [0.25, 0.3) is 5.91 Å². The van der Waals surface area contributed by atoms with Crippen LogP contribution in [-0.4, -0.2) is 41.3 Å². The average molecular weight is 387 g/mol. The molecule has 5 atom stereocenters. The molecule has 152 valence electrons. The second-order valence-corrected chi connectivity index (χ2v) is 8.43. The molecule has 1 amide bonds. The minimum atomic E-state index is -1.80. The first-order chi connectivity index (χ1) is 13.5. The molecule has 6 heteroatoms. The van der Waals surface area contributed by atoms with Crippen molar-refractivity contribution in [3.8, 4) is 0 Å². The standard InChI is InChI=1S/C22H29NO5/c1-2-28-20(25)13-23-18-10-6-5-9-16(18)22(27,21(23)26)17-11-14-7-3-4-8-15(14)12-19(17)24/h5-6,9-10,14-15,17,19,24,27H,2-4,7-8,11-13H2,1H3. The van der Waals surface area contributed by atoms with Crippen molar-refractivity contribution in [2.75, 3.05) is 18.1 Å². The third-order valence-corrected chi connectivity index (χ3v) is 6.94. The fraction of sp³-hybridized carbons (Fsp3) is 0.636. The number of ether oxygens (including phenoxy) is 1. The van der Waals surface area contributed by atoms with Crippen LogP contribution in [0.25, 0.3) is 0 Å². The molecular formula is C22H29NO5. The van der Waals surface area contributed by atoms with Crippen LogP contribution >= 0.6 is 0 Å². The van der Waals surface area contributed by atoms with Crippen molar-refractivity contribution in [2.45, 2.75) is 57.2 Å². The van der Waals surface area contributed by atoms with Crippen LogP contribution in [0.1, 0.15) is 51.0 Å². The monoisotopic (exact) mass is 387 g/mol. The quantitative estimate of drug-likeness (QED) is 0.775. The Morgan fingerprint density at radius 3 is 2.61 bits per heavy atom. The zero-order valence-corrected chi connectivity index (χ0v) is 16.3. The molecule has 3 aliphatic rings. The van der Waals surface area contributed by atoms with E-state index in [2.05, 4.69) is 0 Å². The molecule has 6 nitrogen and oxygen atoms in total. The van der Waals surface area contributed by atoms with Gasteiger partial charge in [-0.3, -0.25) is 14.5 Å². The molecule has 2 N–H and O–H groups in total. The second-order valence-electron chi connectivity index (χ2n) is 8.43. The number of benzene rings is 1. The number of hydrogen-bond acceptors (Lipinski definition) is 5. The van der Waals surface area contributed by atoms with E-state index in [1.807, 2.05) is 0 Å².